The number of hydrogen-bond acceptors (Lipinski definition) is 5. The summed E-state index contributed by atoms with van der Waals surface area (Å²) in [7, 11) is 0. The summed E-state index contributed by atoms with van der Waals surface area (Å²) < 4.78 is 10.2. The minimum atomic E-state index is -0.782. The van der Waals surface area contributed by atoms with Crippen LogP contribution in [0.15, 0.2) is 42.2 Å². The fraction of sp³-hybridized carbons (Fsp3) is 0.375. The van der Waals surface area contributed by atoms with Crippen LogP contribution in [-0.4, -0.2) is 29.3 Å². The minimum Gasteiger partial charge on any atom is -0.502 e. The molecule has 2 atom stereocenters. The average molecular weight is 305 g/mol. The number of alkyl carbamates (subject to hydrolysis) is 1. The molecule has 1 aliphatic heterocycles. The summed E-state index contributed by atoms with van der Waals surface area (Å²) in [6.07, 6.45) is -0.0000347. The van der Waals surface area contributed by atoms with Crippen LogP contribution in [0, 0.1) is 5.92 Å². The van der Waals surface area contributed by atoms with Gasteiger partial charge in [0.15, 0.2) is 0 Å². The zero-order chi connectivity index (χ0) is 16.1. The lowest BCUT2D eigenvalue weighted by Crippen LogP contribution is -2.46. The van der Waals surface area contributed by atoms with Crippen molar-refractivity contribution >= 4 is 12.1 Å². The maximum Gasteiger partial charge on any atom is 0.407 e. The Kier molecular flexibility index (Phi) is 5.04. The van der Waals surface area contributed by atoms with Gasteiger partial charge in [-0.15, -0.1) is 0 Å². The maximum absolute atomic E-state index is 11.9. The molecule has 2 rings (SSSR count). The molecule has 0 aliphatic carbocycles. The second-order valence-corrected chi connectivity index (χ2v) is 5.40. The van der Waals surface area contributed by atoms with Crippen molar-refractivity contribution in [2.45, 2.75) is 32.6 Å². The van der Waals surface area contributed by atoms with Crippen LogP contribution in [0.2, 0.25) is 0 Å². The van der Waals surface area contributed by atoms with Gasteiger partial charge >= 0.3 is 12.1 Å². The first-order chi connectivity index (χ1) is 10.5. The van der Waals surface area contributed by atoms with Crippen LogP contribution in [0.25, 0.3) is 0 Å². The van der Waals surface area contributed by atoms with Crippen molar-refractivity contribution in [2.24, 2.45) is 5.92 Å². The Morgan fingerprint density at radius 2 is 2.05 bits per heavy atom. The molecule has 0 aromatic heterocycles. The molecular formula is C16H19NO5. The molecule has 1 aliphatic rings. The van der Waals surface area contributed by atoms with E-state index in [-0.39, 0.29) is 12.5 Å². The highest BCUT2D eigenvalue weighted by atomic mass is 16.6. The number of benzene rings is 1. The van der Waals surface area contributed by atoms with Crippen molar-refractivity contribution in [1.29, 1.82) is 0 Å². The van der Waals surface area contributed by atoms with Crippen molar-refractivity contribution in [1.82, 2.24) is 5.32 Å². The molecule has 6 nitrogen and oxygen atoms in total. The maximum atomic E-state index is 11.9. The number of aliphatic hydroxyl groups excluding tert-OH is 1. The van der Waals surface area contributed by atoms with Crippen LogP contribution in [-0.2, 0) is 20.9 Å². The summed E-state index contributed by atoms with van der Waals surface area (Å²) in [6.45, 7) is 3.90. The van der Waals surface area contributed by atoms with Crippen molar-refractivity contribution in [3.63, 3.8) is 0 Å². The average Bonchev–Trinajstić information content (AvgIpc) is 2.82. The van der Waals surface area contributed by atoms with Gasteiger partial charge in [-0.05, 0) is 11.5 Å². The summed E-state index contributed by atoms with van der Waals surface area (Å²) >= 11 is 0. The number of hydrogen-bond donors (Lipinski definition) is 2. The molecule has 0 spiro atoms. The van der Waals surface area contributed by atoms with Crippen LogP contribution in [0.1, 0.15) is 19.4 Å². The summed E-state index contributed by atoms with van der Waals surface area (Å²) in [6, 6.07) is 8.83. The van der Waals surface area contributed by atoms with Crippen LogP contribution >= 0.6 is 0 Å². The van der Waals surface area contributed by atoms with Gasteiger partial charge in [-0.1, -0.05) is 44.2 Å². The highest BCUT2D eigenvalue weighted by Crippen LogP contribution is 2.19. The largest absolute Gasteiger partial charge is 0.502 e. The quantitative estimate of drug-likeness (QED) is 0.815. The smallest absolute Gasteiger partial charge is 0.407 e. The monoisotopic (exact) mass is 305 g/mol. The van der Waals surface area contributed by atoms with Gasteiger partial charge in [0.25, 0.3) is 0 Å². The summed E-state index contributed by atoms with van der Waals surface area (Å²) in [4.78, 5) is 23.1. The molecule has 0 saturated heterocycles. The lowest BCUT2D eigenvalue weighted by Gasteiger charge is -2.25. The fourth-order valence-corrected chi connectivity index (χ4v) is 2.15. The van der Waals surface area contributed by atoms with Gasteiger partial charge in [-0.2, -0.15) is 0 Å². The molecule has 0 unspecified atom stereocenters. The van der Waals surface area contributed by atoms with Crippen molar-refractivity contribution in [3.05, 3.63) is 47.7 Å². The van der Waals surface area contributed by atoms with Gasteiger partial charge in [0.2, 0.25) is 5.76 Å². The van der Waals surface area contributed by atoms with Gasteiger partial charge in [-0.3, -0.25) is 0 Å². The lowest BCUT2D eigenvalue weighted by atomic mass is 9.99. The van der Waals surface area contributed by atoms with Gasteiger partial charge in [0.05, 0.1) is 6.04 Å². The molecule has 1 heterocycles. The van der Waals surface area contributed by atoms with Gasteiger partial charge < -0.3 is 19.9 Å². The molecule has 1 aromatic carbocycles. The molecule has 0 fully saturated rings. The van der Waals surface area contributed by atoms with E-state index >= 15 is 0 Å². The number of cyclic esters (lactones) is 1. The summed E-state index contributed by atoms with van der Waals surface area (Å²) in [5.41, 5.74) is 0.878. The van der Waals surface area contributed by atoms with Crippen molar-refractivity contribution < 1.29 is 24.2 Å². The predicted molar refractivity (Wildman–Crippen MR) is 79.0 cm³/mol. The van der Waals surface area contributed by atoms with Gasteiger partial charge in [0.1, 0.15) is 12.7 Å². The molecule has 1 aromatic rings. The second kappa shape index (κ2) is 6.98. The SMILES string of the molecule is CC(C)[C@H](NC(=O)OCc1ccccc1)[C@H]1C=C(O)C(=O)O1. The van der Waals surface area contributed by atoms with E-state index in [9.17, 15) is 14.7 Å². The molecule has 2 N–H and O–H groups in total. The van der Waals surface area contributed by atoms with Crippen LogP contribution in [0.5, 0.6) is 0 Å². The van der Waals surface area contributed by atoms with E-state index in [0.29, 0.717) is 0 Å². The number of carbonyl (C=O) groups is 2. The summed E-state index contributed by atoms with van der Waals surface area (Å²) in [5.74, 6) is -1.23. The Balaban J connectivity index is 1.91. The minimum absolute atomic E-state index is 0.00998. The van der Waals surface area contributed by atoms with E-state index in [2.05, 4.69) is 5.32 Å². The number of amides is 1. The third-order valence-corrected chi connectivity index (χ3v) is 3.34. The Hall–Kier alpha value is -2.50. The highest BCUT2D eigenvalue weighted by molar-refractivity contribution is 5.88. The Bertz CT molecular complexity index is 567. The van der Waals surface area contributed by atoms with Gasteiger partial charge in [0, 0.05) is 6.08 Å². The Morgan fingerprint density at radius 3 is 2.59 bits per heavy atom. The van der Waals surface area contributed by atoms with Crippen LogP contribution < -0.4 is 5.32 Å². The third kappa shape index (κ3) is 4.00. The first kappa shape index (κ1) is 15.9. The first-order valence-electron chi connectivity index (χ1n) is 7.06. The number of rotatable bonds is 5. The molecule has 22 heavy (non-hydrogen) atoms. The van der Waals surface area contributed by atoms with E-state index in [1.54, 1.807) is 0 Å². The molecule has 0 saturated carbocycles. The predicted octanol–water partition coefficient (Wildman–Crippen LogP) is 2.30. The van der Waals surface area contributed by atoms with Crippen LogP contribution in [0.3, 0.4) is 0 Å². The molecule has 6 heteroatoms. The van der Waals surface area contributed by atoms with E-state index in [1.807, 2.05) is 44.2 Å². The lowest BCUT2D eigenvalue weighted by molar-refractivity contribution is -0.143. The molecule has 118 valence electrons. The molecule has 0 bridgehead atoms. The number of nitrogens with one attached hydrogen (secondary N) is 1. The molecule has 0 radical (unpaired) electrons. The first-order valence-corrected chi connectivity index (χ1v) is 7.06. The van der Waals surface area contributed by atoms with E-state index in [4.69, 9.17) is 9.47 Å². The second-order valence-electron chi connectivity index (χ2n) is 5.40. The molecular weight excluding hydrogens is 286 g/mol. The van der Waals surface area contributed by atoms with Crippen LogP contribution in [0.4, 0.5) is 4.79 Å². The standard InChI is InChI=1S/C16H19NO5/c1-10(2)14(13-8-12(18)15(19)22-13)17-16(20)21-9-11-6-4-3-5-7-11/h3-8,10,13-14,18H,9H2,1-2H3,(H,17,20)/t13-,14+/m1/s1. The van der Waals surface area contributed by atoms with E-state index < -0.39 is 30.0 Å². The van der Waals surface area contributed by atoms with E-state index in [1.165, 1.54) is 6.08 Å². The number of aliphatic hydroxyl groups is 1. The topological polar surface area (TPSA) is 84.9 Å². The highest BCUT2D eigenvalue weighted by Gasteiger charge is 2.34. The number of ether oxygens (including phenoxy) is 2. The van der Waals surface area contributed by atoms with Crippen molar-refractivity contribution in [3.8, 4) is 0 Å². The van der Waals surface area contributed by atoms with Crippen molar-refractivity contribution in [2.75, 3.05) is 0 Å². The molecule has 1 amide bonds. The summed E-state index contributed by atoms with van der Waals surface area (Å²) in [5, 5.41) is 12.0. The Labute approximate surface area is 128 Å². The zero-order valence-corrected chi connectivity index (χ0v) is 12.5. The zero-order valence-electron chi connectivity index (χ0n) is 12.5. The van der Waals surface area contributed by atoms with E-state index in [0.717, 1.165) is 5.56 Å². The third-order valence-electron chi connectivity index (χ3n) is 3.34. The van der Waals surface area contributed by atoms with Gasteiger partial charge in [-0.25, -0.2) is 9.59 Å². The number of esters is 1. The Morgan fingerprint density at radius 1 is 1.36 bits per heavy atom. The normalized spacial score (nSPS) is 18.6. The fourth-order valence-electron chi connectivity index (χ4n) is 2.15. The number of carbonyl (C=O) groups excluding carboxylic acids is 2.